The van der Waals surface area contributed by atoms with E-state index >= 15 is 0 Å². The minimum Gasteiger partial charge on any atom is -0.496 e. The molecular weight excluding hydrogens is 512 g/mol. The molecular formula is C31H36N2O7. The van der Waals surface area contributed by atoms with E-state index in [1.54, 1.807) is 24.1 Å². The number of amides is 1. The van der Waals surface area contributed by atoms with Gasteiger partial charge in [-0.3, -0.25) is 4.79 Å². The Morgan fingerprint density at radius 2 is 1.73 bits per heavy atom. The third-order valence-corrected chi connectivity index (χ3v) is 6.18. The number of rotatable bonds is 16. The van der Waals surface area contributed by atoms with Crippen LogP contribution in [0.25, 0.3) is 11.1 Å². The molecule has 0 radical (unpaired) electrons. The van der Waals surface area contributed by atoms with Crippen LogP contribution in [0.5, 0.6) is 17.2 Å². The van der Waals surface area contributed by atoms with E-state index in [4.69, 9.17) is 34.8 Å². The number of carbonyl (C=O) groups excluding carboxylic acids is 1. The van der Waals surface area contributed by atoms with Crippen molar-refractivity contribution >= 4 is 5.91 Å². The van der Waals surface area contributed by atoms with Crippen LogP contribution in [0.4, 0.5) is 0 Å². The van der Waals surface area contributed by atoms with Gasteiger partial charge >= 0.3 is 0 Å². The van der Waals surface area contributed by atoms with Crippen LogP contribution in [0.2, 0.25) is 0 Å². The first-order valence-corrected chi connectivity index (χ1v) is 13.2. The first-order chi connectivity index (χ1) is 19.6. The molecule has 2 aromatic carbocycles. The predicted molar refractivity (Wildman–Crippen MR) is 150 cm³/mol. The summed E-state index contributed by atoms with van der Waals surface area (Å²) in [6, 6.07) is 13.1. The van der Waals surface area contributed by atoms with Gasteiger partial charge in [-0.2, -0.15) is 5.26 Å². The Kier molecular flexibility index (Phi) is 12.8. The molecule has 2 aromatic rings. The van der Waals surface area contributed by atoms with E-state index in [1.807, 2.05) is 24.3 Å². The highest BCUT2D eigenvalue weighted by Gasteiger charge is 2.23. The molecule has 0 saturated carbocycles. The first kappa shape index (κ1) is 30.5. The lowest BCUT2D eigenvalue weighted by Gasteiger charge is -2.31. The predicted octanol–water partition coefficient (Wildman–Crippen LogP) is 3.85. The van der Waals surface area contributed by atoms with Crippen LogP contribution >= 0.6 is 0 Å². The summed E-state index contributed by atoms with van der Waals surface area (Å²) in [4.78, 5) is 13.6. The van der Waals surface area contributed by atoms with Crippen molar-refractivity contribution < 1.29 is 33.2 Å². The average molecular weight is 549 g/mol. The first-order valence-electron chi connectivity index (χ1n) is 13.2. The molecule has 0 aromatic heterocycles. The number of hydrogen-bond acceptors (Lipinski definition) is 8. The molecule has 1 aliphatic heterocycles. The number of piperidine rings is 1. The molecule has 1 fully saturated rings. The summed E-state index contributed by atoms with van der Waals surface area (Å²) < 4.78 is 34.1. The van der Waals surface area contributed by atoms with Gasteiger partial charge in [-0.15, -0.1) is 6.42 Å². The number of nitriles is 1. The van der Waals surface area contributed by atoms with Crippen molar-refractivity contribution in [2.45, 2.75) is 18.9 Å². The smallest absolute Gasteiger partial charge is 0.245 e. The lowest BCUT2D eigenvalue weighted by atomic mass is 10.0. The maximum atomic E-state index is 11.9. The van der Waals surface area contributed by atoms with Gasteiger partial charge in [0.1, 0.15) is 36.6 Å². The van der Waals surface area contributed by atoms with E-state index in [2.05, 4.69) is 18.6 Å². The summed E-state index contributed by atoms with van der Waals surface area (Å²) in [5.74, 6) is 4.11. The van der Waals surface area contributed by atoms with E-state index in [9.17, 15) is 10.1 Å². The Morgan fingerprint density at radius 3 is 2.38 bits per heavy atom. The number of benzene rings is 2. The second-order valence-electron chi connectivity index (χ2n) is 8.87. The summed E-state index contributed by atoms with van der Waals surface area (Å²) in [7, 11) is 1.59. The van der Waals surface area contributed by atoms with Crippen LogP contribution in [0.3, 0.4) is 0 Å². The summed E-state index contributed by atoms with van der Waals surface area (Å²) >= 11 is 0. The maximum Gasteiger partial charge on any atom is 0.245 e. The molecule has 0 aliphatic carbocycles. The van der Waals surface area contributed by atoms with Crippen molar-refractivity contribution in [2.75, 3.05) is 66.4 Å². The molecule has 1 heterocycles. The third-order valence-electron chi connectivity index (χ3n) is 6.18. The van der Waals surface area contributed by atoms with Crippen molar-refractivity contribution in [1.29, 1.82) is 5.26 Å². The molecule has 212 valence electrons. The molecule has 0 atom stereocenters. The minimum absolute atomic E-state index is 0.0688. The summed E-state index contributed by atoms with van der Waals surface area (Å²) in [5, 5.41) is 9.71. The van der Waals surface area contributed by atoms with Crippen LogP contribution in [0, 0.1) is 23.7 Å². The van der Waals surface area contributed by atoms with E-state index in [0.717, 1.165) is 5.56 Å². The number of likely N-dealkylation sites (tertiary alicyclic amines) is 1. The standard InChI is InChI=1S/C31H36N2O7/c1-4-13-36-14-15-37-16-17-38-18-19-39-29-8-6-7-28(35-3)31(29)25-20-24(23-32)21-27(22-25)40-26-9-11-33(12-10-26)30(34)5-2/h1,5-8,20-22,26H,2,9-19H2,3H3. The van der Waals surface area contributed by atoms with Crippen LogP contribution in [-0.2, 0) is 19.0 Å². The molecule has 0 spiro atoms. The summed E-state index contributed by atoms with van der Waals surface area (Å²) in [6.45, 7) is 7.48. The fourth-order valence-electron chi connectivity index (χ4n) is 4.26. The second kappa shape index (κ2) is 16.8. The summed E-state index contributed by atoms with van der Waals surface area (Å²) in [6.07, 6.45) is 7.77. The van der Waals surface area contributed by atoms with E-state index in [0.29, 0.717) is 93.9 Å². The highest BCUT2D eigenvalue weighted by Crippen LogP contribution is 2.40. The van der Waals surface area contributed by atoms with Gasteiger partial charge in [0, 0.05) is 25.9 Å². The Hall–Kier alpha value is -4.02. The molecule has 0 bridgehead atoms. The van der Waals surface area contributed by atoms with Crippen LogP contribution < -0.4 is 14.2 Å². The van der Waals surface area contributed by atoms with Crippen molar-refractivity contribution in [3.8, 4) is 46.8 Å². The fourth-order valence-corrected chi connectivity index (χ4v) is 4.26. The fraction of sp³-hybridized carbons (Fsp3) is 0.419. The molecule has 9 heteroatoms. The van der Waals surface area contributed by atoms with Crippen molar-refractivity contribution in [3.05, 3.63) is 54.6 Å². The molecule has 1 saturated heterocycles. The van der Waals surface area contributed by atoms with E-state index < -0.39 is 0 Å². The number of terminal acetylenes is 1. The van der Waals surface area contributed by atoms with Crippen LogP contribution in [0.1, 0.15) is 18.4 Å². The SMILES string of the molecule is C#CCOCCOCCOCCOc1cccc(OC)c1-c1cc(C#N)cc(OC2CCN(C(=O)C=C)CC2)c1. The molecule has 9 nitrogen and oxygen atoms in total. The van der Waals surface area contributed by atoms with Crippen molar-refractivity contribution in [2.24, 2.45) is 0 Å². The van der Waals surface area contributed by atoms with Gasteiger partial charge in [0.2, 0.25) is 5.91 Å². The van der Waals surface area contributed by atoms with Gasteiger partial charge in [0.05, 0.1) is 57.3 Å². The Labute approximate surface area is 236 Å². The van der Waals surface area contributed by atoms with Gasteiger partial charge in [0.25, 0.3) is 0 Å². The van der Waals surface area contributed by atoms with E-state index in [1.165, 1.54) is 6.08 Å². The second-order valence-corrected chi connectivity index (χ2v) is 8.87. The lowest BCUT2D eigenvalue weighted by Crippen LogP contribution is -2.41. The number of methoxy groups -OCH3 is 1. The third kappa shape index (κ3) is 9.32. The number of carbonyl (C=O) groups is 1. The largest absolute Gasteiger partial charge is 0.496 e. The topological polar surface area (TPSA) is 99.5 Å². The Morgan fingerprint density at radius 1 is 1.05 bits per heavy atom. The quantitative estimate of drug-likeness (QED) is 0.177. The highest BCUT2D eigenvalue weighted by atomic mass is 16.6. The normalized spacial score (nSPS) is 13.2. The molecule has 40 heavy (non-hydrogen) atoms. The molecule has 1 aliphatic rings. The average Bonchev–Trinajstić information content (AvgIpc) is 2.99. The zero-order valence-electron chi connectivity index (χ0n) is 22.9. The zero-order valence-corrected chi connectivity index (χ0v) is 22.9. The van der Waals surface area contributed by atoms with Crippen LogP contribution in [0.15, 0.2) is 49.1 Å². The maximum absolute atomic E-state index is 11.9. The van der Waals surface area contributed by atoms with Crippen molar-refractivity contribution in [3.63, 3.8) is 0 Å². The number of hydrogen-bond donors (Lipinski definition) is 0. The van der Waals surface area contributed by atoms with E-state index in [-0.39, 0.29) is 18.6 Å². The highest BCUT2D eigenvalue weighted by molar-refractivity contribution is 5.87. The van der Waals surface area contributed by atoms with Gasteiger partial charge < -0.3 is 33.3 Å². The van der Waals surface area contributed by atoms with Gasteiger partial charge in [0.15, 0.2) is 0 Å². The van der Waals surface area contributed by atoms with Crippen molar-refractivity contribution in [1.82, 2.24) is 4.90 Å². The Balaban J connectivity index is 1.62. The number of nitrogens with zero attached hydrogens (tertiary/aromatic N) is 2. The van der Waals surface area contributed by atoms with Gasteiger partial charge in [-0.25, -0.2) is 0 Å². The van der Waals surface area contributed by atoms with Gasteiger partial charge in [-0.1, -0.05) is 18.6 Å². The molecule has 3 rings (SSSR count). The zero-order chi connectivity index (χ0) is 28.6. The monoisotopic (exact) mass is 548 g/mol. The van der Waals surface area contributed by atoms with Gasteiger partial charge in [-0.05, 0) is 42.0 Å². The Bertz CT molecular complexity index is 1190. The molecule has 1 amide bonds. The lowest BCUT2D eigenvalue weighted by molar-refractivity contribution is -0.127. The molecule has 0 unspecified atom stereocenters. The van der Waals surface area contributed by atoms with Crippen LogP contribution in [-0.4, -0.2) is 83.4 Å². The number of ether oxygens (including phenoxy) is 6. The molecule has 0 N–H and O–H groups in total. The minimum atomic E-state index is -0.0724. The summed E-state index contributed by atoms with van der Waals surface area (Å²) in [5.41, 5.74) is 1.91.